The average molecular weight is 353 g/mol. The lowest BCUT2D eigenvalue weighted by Crippen LogP contribution is -2.41. The molecule has 8 heteroatoms. The van der Waals surface area contributed by atoms with Crippen LogP contribution in [0, 0.1) is 5.92 Å². The first-order valence-electron chi connectivity index (χ1n) is 8.42. The lowest BCUT2D eigenvalue weighted by Gasteiger charge is -2.38. The number of fused-ring (bicyclic) bond motifs is 1. The molecule has 134 valence electrons. The number of amides is 1. The van der Waals surface area contributed by atoms with Crippen molar-refractivity contribution in [2.45, 2.75) is 25.0 Å². The van der Waals surface area contributed by atoms with Crippen molar-refractivity contribution in [3.05, 3.63) is 54.2 Å². The number of carbonyl (C=O) groups is 1. The van der Waals surface area contributed by atoms with E-state index in [1.54, 1.807) is 48.4 Å². The number of ether oxygens (including phenoxy) is 1. The highest BCUT2D eigenvalue weighted by Gasteiger charge is 2.36. The predicted molar refractivity (Wildman–Crippen MR) is 92.7 cm³/mol. The fourth-order valence-electron chi connectivity index (χ4n) is 3.23. The molecule has 26 heavy (non-hydrogen) atoms. The lowest BCUT2D eigenvalue weighted by atomic mass is 9.75. The summed E-state index contributed by atoms with van der Waals surface area (Å²) in [7, 11) is 1.56. The van der Waals surface area contributed by atoms with Gasteiger partial charge in [0.1, 0.15) is 5.69 Å². The number of carbonyl (C=O) groups excluding carboxylic acids is 1. The second-order valence-electron chi connectivity index (χ2n) is 6.42. The molecule has 0 bridgehead atoms. The van der Waals surface area contributed by atoms with Crippen molar-refractivity contribution in [1.82, 2.24) is 24.7 Å². The second kappa shape index (κ2) is 6.72. The number of nitrogens with zero attached hydrogens (tertiary/aromatic N) is 4. The Kier molecular flexibility index (Phi) is 4.26. The molecule has 3 aromatic heterocycles. The Balaban J connectivity index is 1.58. The summed E-state index contributed by atoms with van der Waals surface area (Å²) in [5.74, 6) is 0.857. The Labute approximate surface area is 149 Å². The Bertz CT molecular complexity index is 885. The molecular weight excluding hydrogens is 334 g/mol. The fourth-order valence-corrected chi connectivity index (χ4v) is 3.23. The fraction of sp³-hybridized carbons (Fsp3) is 0.333. The minimum atomic E-state index is -0.315. The van der Waals surface area contributed by atoms with Crippen molar-refractivity contribution >= 4 is 11.7 Å². The first kappa shape index (κ1) is 16.5. The number of pyridine rings is 1. The molecule has 1 saturated carbocycles. The van der Waals surface area contributed by atoms with Crippen molar-refractivity contribution in [3.63, 3.8) is 0 Å². The van der Waals surface area contributed by atoms with Gasteiger partial charge in [-0.15, -0.1) is 0 Å². The third kappa shape index (κ3) is 3.11. The number of aliphatic hydroxyl groups is 1. The van der Waals surface area contributed by atoms with Crippen molar-refractivity contribution < 1.29 is 14.6 Å². The first-order valence-corrected chi connectivity index (χ1v) is 8.42. The zero-order valence-electron chi connectivity index (χ0n) is 14.2. The van der Waals surface area contributed by atoms with Gasteiger partial charge in [0, 0.05) is 30.9 Å². The van der Waals surface area contributed by atoms with E-state index in [2.05, 4.69) is 20.3 Å². The van der Waals surface area contributed by atoms with Crippen LogP contribution in [-0.4, -0.2) is 43.6 Å². The number of hydrogen-bond donors (Lipinski definition) is 2. The van der Waals surface area contributed by atoms with E-state index in [9.17, 15) is 9.90 Å². The highest BCUT2D eigenvalue weighted by Crippen LogP contribution is 2.38. The van der Waals surface area contributed by atoms with E-state index in [-0.39, 0.29) is 24.0 Å². The van der Waals surface area contributed by atoms with Crippen LogP contribution in [0.25, 0.3) is 5.78 Å². The molecule has 0 aliphatic heterocycles. The van der Waals surface area contributed by atoms with E-state index < -0.39 is 0 Å². The van der Waals surface area contributed by atoms with E-state index in [4.69, 9.17) is 4.74 Å². The number of nitrogens with one attached hydrogen (secondary N) is 1. The van der Waals surface area contributed by atoms with Crippen molar-refractivity contribution in [2.24, 2.45) is 5.92 Å². The van der Waals surface area contributed by atoms with Crippen LogP contribution >= 0.6 is 0 Å². The highest BCUT2D eigenvalue weighted by atomic mass is 16.5. The highest BCUT2D eigenvalue weighted by molar-refractivity contribution is 5.93. The number of rotatable bonds is 5. The number of imidazole rings is 1. The van der Waals surface area contributed by atoms with Crippen LogP contribution in [-0.2, 0) is 0 Å². The molecule has 4 rings (SSSR count). The molecule has 1 aliphatic carbocycles. The largest absolute Gasteiger partial charge is 0.481 e. The first-order chi connectivity index (χ1) is 12.6. The monoisotopic (exact) mass is 353 g/mol. The third-order valence-electron chi connectivity index (χ3n) is 4.70. The van der Waals surface area contributed by atoms with E-state index in [0.29, 0.717) is 30.2 Å². The Hall–Kier alpha value is -3.00. The number of aliphatic hydroxyl groups excluding tert-OH is 1. The maximum absolute atomic E-state index is 12.7. The molecule has 1 atom stereocenters. The molecule has 3 heterocycles. The summed E-state index contributed by atoms with van der Waals surface area (Å²) in [6.07, 6.45) is 7.74. The molecule has 1 amide bonds. The van der Waals surface area contributed by atoms with Crippen LogP contribution in [0.3, 0.4) is 0 Å². The minimum absolute atomic E-state index is 0.152. The summed E-state index contributed by atoms with van der Waals surface area (Å²) in [6, 6.07) is 5.17. The summed E-state index contributed by atoms with van der Waals surface area (Å²) < 4.78 is 6.79. The van der Waals surface area contributed by atoms with Gasteiger partial charge in [-0.3, -0.25) is 9.20 Å². The molecule has 0 unspecified atom stereocenters. The Morgan fingerprint density at radius 1 is 1.38 bits per heavy atom. The summed E-state index contributed by atoms with van der Waals surface area (Å²) in [5.41, 5.74) is 1.17. The molecule has 0 spiro atoms. The molecule has 2 N–H and O–H groups in total. The topological polar surface area (TPSA) is 102 Å². The van der Waals surface area contributed by atoms with Gasteiger partial charge in [0.05, 0.1) is 19.3 Å². The normalized spacial score (nSPS) is 20.4. The Morgan fingerprint density at radius 2 is 2.23 bits per heavy atom. The van der Waals surface area contributed by atoms with Gasteiger partial charge in [0.15, 0.2) is 0 Å². The smallest absolute Gasteiger partial charge is 0.272 e. The number of aromatic nitrogens is 4. The van der Waals surface area contributed by atoms with Gasteiger partial charge in [-0.25, -0.2) is 15.0 Å². The lowest BCUT2D eigenvalue weighted by molar-refractivity contribution is 0.0234. The zero-order chi connectivity index (χ0) is 18.1. The van der Waals surface area contributed by atoms with Crippen molar-refractivity contribution in [3.8, 4) is 5.88 Å². The summed E-state index contributed by atoms with van der Waals surface area (Å²) in [6.45, 7) is 0. The van der Waals surface area contributed by atoms with Gasteiger partial charge >= 0.3 is 0 Å². The van der Waals surface area contributed by atoms with Crippen LogP contribution < -0.4 is 10.1 Å². The van der Waals surface area contributed by atoms with Gasteiger partial charge in [-0.05, 0) is 30.4 Å². The minimum Gasteiger partial charge on any atom is -0.481 e. The molecule has 0 aromatic carbocycles. The molecule has 0 radical (unpaired) electrons. The van der Waals surface area contributed by atoms with Gasteiger partial charge in [-0.2, -0.15) is 0 Å². The maximum atomic E-state index is 12.7. The average Bonchev–Trinajstić information content (AvgIpc) is 3.08. The standard InChI is InChI=1S/C18H19N5O3/c1-26-15-4-3-11(9-20-15)16(12-7-13(24)8-12)22-17(25)14-10-23-6-2-5-19-18(23)21-14/h2-6,9-10,12-13,16,24H,7-8H2,1H3,(H,22,25)/t12?,13?,16-/m1/s1. The maximum Gasteiger partial charge on any atom is 0.272 e. The SMILES string of the molecule is COc1ccc([C@@H](NC(=O)c2cn3cccnc3n2)C2CC(O)C2)cn1. The quantitative estimate of drug-likeness (QED) is 0.718. The molecule has 8 nitrogen and oxygen atoms in total. The van der Waals surface area contributed by atoms with Gasteiger partial charge in [0.25, 0.3) is 5.91 Å². The molecule has 1 fully saturated rings. The van der Waals surface area contributed by atoms with Gasteiger partial charge in [-0.1, -0.05) is 6.07 Å². The second-order valence-corrected chi connectivity index (χ2v) is 6.42. The number of hydrogen-bond acceptors (Lipinski definition) is 6. The summed E-state index contributed by atoms with van der Waals surface area (Å²) in [5, 5.41) is 12.7. The molecule has 3 aromatic rings. The van der Waals surface area contributed by atoms with Crippen LogP contribution in [0.5, 0.6) is 5.88 Å². The van der Waals surface area contributed by atoms with E-state index in [0.717, 1.165) is 5.56 Å². The molecule has 1 aliphatic rings. The van der Waals surface area contributed by atoms with Gasteiger partial charge < -0.3 is 15.2 Å². The van der Waals surface area contributed by atoms with Crippen LogP contribution in [0.15, 0.2) is 43.0 Å². The van der Waals surface area contributed by atoms with Crippen LogP contribution in [0.2, 0.25) is 0 Å². The predicted octanol–water partition coefficient (Wildman–Crippen LogP) is 1.37. The van der Waals surface area contributed by atoms with Gasteiger partial charge in [0.2, 0.25) is 11.7 Å². The van der Waals surface area contributed by atoms with Crippen LogP contribution in [0.1, 0.15) is 34.9 Å². The summed E-state index contributed by atoms with van der Waals surface area (Å²) >= 11 is 0. The van der Waals surface area contributed by atoms with Crippen molar-refractivity contribution in [1.29, 1.82) is 0 Å². The van der Waals surface area contributed by atoms with E-state index in [1.165, 1.54) is 0 Å². The number of methoxy groups -OCH3 is 1. The van der Waals surface area contributed by atoms with Crippen LogP contribution in [0.4, 0.5) is 0 Å². The van der Waals surface area contributed by atoms with Crippen molar-refractivity contribution in [2.75, 3.05) is 7.11 Å². The Morgan fingerprint density at radius 3 is 2.88 bits per heavy atom. The summed E-state index contributed by atoms with van der Waals surface area (Å²) in [4.78, 5) is 25.3. The van der Waals surface area contributed by atoms with E-state index in [1.807, 2.05) is 6.07 Å². The third-order valence-corrected chi connectivity index (χ3v) is 4.70. The zero-order valence-corrected chi connectivity index (χ0v) is 14.2. The van der Waals surface area contributed by atoms with E-state index >= 15 is 0 Å². The molecule has 0 saturated heterocycles. The molecular formula is C18H19N5O3.